The van der Waals surface area contributed by atoms with Crippen LogP contribution in [0.1, 0.15) is 30.2 Å². The number of carbonyl (C=O) groups excluding carboxylic acids is 2. The number of hydrogen-bond donors (Lipinski definition) is 2. The van der Waals surface area contributed by atoms with Crippen molar-refractivity contribution in [2.75, 3.05) is 26.2 Å². The number of hydrogen-bond acceptors (Lipinski definition) is 6. The minimum atomic E-state index is -3.79. The summed E-state index contributed by atoms with van der Waals surface area (Å²) in [5, 5.41) is 2.49. The Hall–Kier alpha value is -3.24. The van der Waals surface area contributed by atoms with E-state index >= 15 is 0 Å². The van der Waals surface area contributed by atoms with E-state index in [2.05, 4.69) is 15.0 Å². The molecule has 2 N–H and O–H groups in total. The average molecular weight is 471 g/mol. The van der Waals surface area contributed by atoms with Gasteiger partial charge in [-0.3, -0.25) is 9.59 Å². The molecule has 10 heteroatoms. The first-order valence-electron chi connectivity index (χ1n) is 10.8. The van der Waals surface area contributed by atoms with Crippen molar-refractivity contribution in [1.82, 2.24) is 19.9 Å². The van der Waals surface area contributed by atoms with Gasteiger partial charge in [0.25, 0.3) is 0 Å². The van der Waals surface area contributed by atoms with Crippen LogP contribution in [0.2, 0.25) is 0 Å². The molecular formula is C23H26N4O5S. The highest BCUT2D eigenvalue weighted by atomic mass is 32.2. The molecule has 1 aliphatic heterocycles. The van der Waals surface area contributed by atoms with Crippen molar-refractivity contribution < 1.29 is 22.4 Å². The van der Waals surface area contributed by atoms with Gasteiger partial charge in [-0.2, -0.15) is 0 Å². The predicted molar refractivity (Wildman–Crippen MR) is 122 cm³/mol. The van der Waals surface area contributed by atoms with E-state index in [1.165, 1.54) is 12.1 Å². The topological polar surface area (TPSA) is 122 Å². The van der Waals surface area contributed by atoms with Gasteiger partial charge in [-0.25, -0.2) is 18.1 Å². The molecule has 3 aromatic rings. The number of nitrogens with one attached hydrogen (secondary N) is 2. The van der Waals surface area contributed by atoms with Crippen LogP contribution in [0.3, 0.4) is 0 Å². The molecule has 4 rings (SSSR count). The lowest BCUT2D eigenvalue weighted by molar-refractivity contribution is -0.133. The lowest BCUT2D eigenvalue weighted by Gasteiger charge is -2.30. The molecule has 0 bridgehead atoms. The van der Waals surface area contributed by atoms with Gasteiger partial charge >= 0.3 is 0 Å². The largest absolute Gasteiger partial charge is 0.440 e. The van der Waals surface area contributed by atoms with E-state index in [0.29, 0.717) is 19.0 Å². The second-order valence-electron chi connectivity index (χ2n) is 8.09. The number of piperidine rings is 1. The molecule has 0 saturated carbocycles. The zero-order chi connectivity index (χ0) is 23.4. The summed E-state index contributed by atoms with van der Waals surface area (Å²) in [4.78, 5) is 30.9. The number of rotatable bonds is 7. The van der Waals surface area contributed by atoms with Gasteiger partial charge in [0.1, 0.15) is 5.52 Å². The van der Waals surface area contributed by atoms with Crippen LogP contribution in [0.25, 0.3) is 11.1 Å². The Kier molecular flexibility index (Phi) is 6.75. The predicted octanol–water partition coefficient (Wildman–Crippen LogP) is 1.94. The van der Waals surface area contributed by atoms with E-state index in [4.69, 9.17) is 4.42 Å². The van der Waals surface area contributed by atoms with Crippen LogP contribution >= 0.6 is 0 Å². The van der Waals surface area contributed by atoms with Crippen LogP contribution in [0.5, 0.6) is 0 Å². The first-order valence-corrected chi connectivity index (χ1v) is 12.3. The Bertz CT molecular complexity index is 1210. The summed E-state index contributed by atoms with van der Waals surface area (Å²) in [6.45, 7) is 2.31. The molecule has 2 aromatic carbocycles. The standard InChI is InChI=1S/C23H26N4O5S/c1-16-6-8-18(9-7-16)33(30,31)25-14-21(28)24-15-22(29)27-12-10-17(11-13-27)23-26-19-4-2-3-5-20(19)32-23/h2-9,17,25H,10-15H2,1H3,(H,24,28). The van der Waals surface area contributed by atoms with Gasteiger partial charge in [-0.15, -0.1) is 0 Å². The molecular weight excluding hydrogens is 444 g/mol. The third kappa shape index (κ3) is 5.58. The summed E-state index contributed by atoms with van der Waals surface area (Å²) in [6.07, 6.45) is 1.45. The number of carbonyl (C=O) groups is 2. The Balaban J connectivity index is 1.21. The normalized spacial score (nSPS) is 15.0. The molecule has 1 aliphatic rings. The first kappa shape index (κ1) is 22.9. The summed E-state index contributed by atoms with van der Waals surface area (Å²) < 4.78 is 32.6. The molecule has 1 fully saturated rings. The minimum Gasteiger partial charge on any atom is -0.440 e. The molecule has 1 saturated heterocycles. The number of benzene rings is 2. The maximum Gasteiger partial charge on any atom is 0.241 e. The van der Waals surface area contributed by atoms with Crippen molar-refractivity contribution in [3.63, 3.8) is 0 Å². The highest BCUT2D eigenvalue weighted by Crippen LogP contribution is 2.29. The fourth-order valence-corrected chi connectivity index (χ4v) is 4.73. The number of fused-ring (bicyclic) bond motifs is 1. The number of para-hydroxylation sites is 2. The second kappa shape index (κ2) is 9.72. The smallest absolute Gasteiger partial charge is 0.241 e. The van der Waals surface area contributed by atoms with E-state index in [-0.39, 0.29) is 23.3 Å². The molecule has 0 spiro atoms. The average Bonchev–Trinajstić information content (AvgIpc) is 3.26. The van der Waals surface area contributed by atoms with Crippen molar-refractivity contribution in [3.05, 3.63) is 60.0 Å². The Morgan fingerprint density at radius 3 is 2.45 bits per heavy atom. The Morgan fingerprint density at radius 1 is 1.06 bits per heavy atom. The number of oxazole rings is 1. The van der Waals surface area contributed by atoms with E-state index in [1.54, 1.807) is 17.0 Å². The summed E-state index contributed by atoms with van der Waals surface area (Å²) in [7, 11) is -3.79. The van der Waals surface area contributed by atoms with Crippen molar-refractivity contribution in [2.45, 2.75) is 30.6 Å². The molecule has 174 valence electrons. The number of amides is 2. The Morgan fingerprint density at radius 2 is 1.76 bits per heavy atom. The lowest BCUT2D eigenvalue weighted by Crippen LogP contribution is -2.45. The van der Waals surface area contributed by atoms with Gasteiger partial charge in [0, 0.05) is 19.0 Å². The van der Waals surface area contributed by atoms with Crippen molar-refractivity contribution >= 4 is 32.9 Å². The van der Waals surface area contributed by atoms with E-state index in [0.717, 1.165) is 29.5 Å². The third-order valence-corrected chi connectivity index (χ3v) is 7.12. The number of sulfonamides is 1. The molecule has 0 unspecified atom stereocenters. The molecule has 0 radical (unpaired) electrons. The van der Waals surface area contributed by atoms with Crippen molar-refractivity contribution in [1.29, 1.82) is 0 Å². The molecule has 33 heavy (non-hydrogen) atoms. The summed E-state index contributed by atoms with van der Waals surface area (Å²) in [6, 6.07) is 13.9. The summed E-state index contributed by atoms with van der Waals surface area (Å²) in [5.74, 6) is 0.0610. The fraction of sp³-hybridized carbons (Fsp3) is 0.348. The van der Waals surface area contributed by atoms with Gasteiger partial charge in [0.05, 0.1) is 18.0 Å². The lowest BCUT2D eigenvalue weighted by atomic mass is 9.97. The van der Waals surface area contributed by atoms with Crippen LogP contribution in [-0.4, -0.2) is 56.3 Å². The van der Waals surface area contributed by atoms with Gasteiger partial charge in [-0.05, 0) is 44.0 Å². The molecule has 0 aliphatic carbocycles. The minimum absolute atomic E-state index is 0.0822. The van der Waals surface area contributed by atoms with E-state index in [9.17, 15) is 18.0 Å². The van der Waals surface area contributed by atoms with Gasteiger partial charge in [0.2, 0.25) is 21.8 Å². The molecule has 1 aromatic heterocycles. The maximum atomic E-state index is 12.5. The molecule has 2 heterocycles. The van der Waals surface area contributed by atoms with Crippen LogP contribution < -0.4 is 10.0 Å². The maximum absolute atomic E-state index is 12.5. The van der Waals surface area contributed by atoms with Crippen LogP contribution in [0.4, 0.5) is 0 Å². The number of aromatic nitrogens is 1. The summed E-state index contributed by atoms with van der Waals surface area (Å²) >= 11 is 0. The first-order chi connectivity index (χ1) is 15.8. The van der Waals surface area contributed by atoms with Crippen LogP contribution in [-0.2, 0) is 19.6 Å². The zero-order valence-electron chi connectivity index (χ0n) is 18.3. The SMILES string of the molecule is Cc1ccc(S(=O)(=O)NCC(=O)NCC(=O)N2CCC(c3nc4ccccc4o3)CC2)cc1. The highest BCUT2D eigenvalue weighted by molar-refractivity contribution is 7.89. The quantitative estimate of drug-likeness (QED) is 0.544. The molecule has 2 amide bonds. The number of nitrogens with zero attached hydrogens (tertiary/aromatic N) is 2. The third-order valence-electron chi connectivity index (χ3n) is 5.70. The van der Waals surface area contributed by atoms with Gasteiger partial charge < -0.3 is 14.6 Å². The Labute approximate surface area is 192 Å². The van der Waals surface area contributed by atoms with E-state index < -0.39 is 22.5 Å². The number of aryl methyl sites for hydroxylation is 1. The number of likely N-dealkylation sites (tertiary alicyclic amines) is 1. The van der Waals surface area contributed by atoms with E-state index in [1.807, 2.05) is 31.2 Å². The molecule has 9 nitrogen and oxygen atoms in total. The van der Waals surface area contributed by atoms with Gasteiger partial charge in [-0.1, -0.05) is 29.8 Å². The summed E-state index contributed by atoms with van der Waals surface area (Å²) in [5.41, 5.74) is 2.52. The fourth-order valence-electron chi connectivity index (χ4n) is 3.75. The monoisotopic (exact) mass is 470 g/mol. The van der Waals surface area contributed by atoms with Crippen molar-refractivity contribution in [2.24, 2.45) is 0 Å². The highest BCUT2D eigenvalue weighted by Gasteiger charge is 2.27. The second-order valence-corrected chi connectivity index (χ2v) is 9.86. The zero-order valence-corrected chi connectivity index (χ0v) is 19.1. The van der Waals surface area contributed by atoms with Crippen LogP contribution in [0.15, 0.2) is 57.8 Å². The van der Waals surface area contributed by atoms with Crippen LogP contribution in [0, 0.1) is 6.92 Å². The van der Waals surface area contributed by atoms with Gasteiger partial charge in [0.15, 0.2) is 11.5 Å². The molecule has 0 atom stereocenters. The van der Waals surface area contributed by atoms with Crippen molar-refractivity contribution in [3.8, 4) is 0 Å².